The molecule has 2 amide bonds. The fraction of sp³-hybridized carbons (Fsp3) is 0.769. The molecule has 0 spiro atoms. The Morgan fingerprint density at radius 2 is 1.65 bits per heavy atom. The molecule has 0 rings (SSSR count). The number of alkyl carbamates (subject to hydrolysis) is 1. The van der Waals surface area contributed by atoms with E-state index in [4.69, 9.17) is 9.84 Å². The summed E-state index contributed by atoms with van der Waals surface area (Å²) in [6.45, 7) is 5.93. The topological polar surface area (TPSA) is 105 Å². The van der Waals surface area contributed by atoms with E-state index in [0.717, 1.165) is 0 Å². The van der Waals surface area contributed by atoms with Gasteiger partial charge in [-0.2, -0.15) is 0 Å². The smallest absolute Gasteiger partial charge is 0.407 e. The zero-order valence-electron chi connectivity index (χ0n) is 12.3. The number of carbonyl (C=O) groups is 3. The van der Waals surface area contributed by atoms with Gasteiger partial charge in [-0.25, -0.2) is 4.79 Å². The highest BCUT2D eigenvalue weighted by molar-refractivity contribution is 5.77. The molecule has 0 radical (unpaired) electrons. The van der Waals surface area contributed by atoms with Gasteiger partial charge in [-0.3, -0.25) is 9.59 Å². The van der Waals surface area contributed by atoms with Gasteiger partial charge in [0.25, 0.3) is 0 Å². The lowest BCUT2D eigenvalue weighted by molar-refractivity contribution is -0.137. The first kappa shape index (κ1) is 18.2. The summed E-state index contributed by atoms with van der Waals surface area (Å²) in [5, 5.41) is 13.6. The standard InChI is InChI=1S/C13H24N2O5/c1-13(2,3)20-12(19)15-9-7-10(16)14-8-5-4-6-11(17)18/h4-9H2,1-3H3,(H,14,16)(H,15,19)(H,17,18). The summed E-state index contributed by atoms with van der Waals surface area (Å²) < 4.78 is 5.02. The second-order valence-electron chi connectivity index (χ2n) is 5.38. The monoisotopic (exact) mass is 288 g/mol. The van der Waals surface area contributed by atoms with Gasteiger partial charge in [0.1, 0.15) is 5.60 Å². The first-order chi connectivity index (χ1) is 9.20. The van der Waals surface area contributed by atoms with Crippen molar-refractivity contribution in [3.05, 3.63) is 0 Å². The van der Waals surface area contributed by atoms with Crippen molar-refractivity contribution in [2.75, 3.05) is 13.1 Å². The molecular weight excluding hydrogens is 264 g/mol. The van der Waals surface area contributed by atoms with Gasteiger partial charge in [0.2, 0.25) is 5.91 Å². The molecule has 0 atom stereocenters. The van der Waals surface area contributed by atoms with Gasteiger partial charge >= 0.3 is 12.1 Å². The lowest BCUT2D eigenvalue weighted by atomic mass is 10.2. The molecule has 0 unspecified atom stereocenters. The fourth-order valence-electron chi connectivity index (χ4n) is 1.31. The first-order valence-electron chi connectivity index (χ1n) is 6.66. The van der Waals surface area contributed by atoms with E-state index in [0.29, 0.717) is 19.4 Å². The third-order valence-electron chi connectivity index (χ3n) is 2.16. The second-order valence-corrected chi connectivity index (χ2v) is 5.38. The van der Waals surface area contributed by atoms with Crippen LogP contribution in [0.4, 0.5) is 4.79 Å². The van der Waals surface area contributed by atoms with E-state index in [1.807, 2.05) is 0 Å². The Morgan fingerprint density at radius 1 is 1.00 bits per heavy atom. The Morgan fingerprint density at radius 3 is 2.20 bits per heavy atom. The molecule has 0 aliphatic carbocycles. The fourth-order valence-corrected chi connectivity index (χ4v) is 1.31. The van der Waals surface area contributed by atoms with E-state index >= 15 is 0 Å². The van der Waals surface area contributed by atoms with E-state index < -0.39 is 17.7 Å². The average molecular weight is 288 g/mol. The molecule has 7 nitrogen and oxygen atoms in total. The maximum atomic E-state index is 11.4. The molecule has 7 heteroatoms. The van der Waals surface area contributed by atoms with Crippen LogP contribution in [-0.4, -0.2) is 41.8 Å². The molecule has 0 saturated carbocycles. The number of carbonyl (C=O) groups excluding carboxylic acids is 2. The van der Waals surface area contributed by atoms with Gasteiger partial charge in [-0.1, -0.05) is 0 Å². The molecule has 0 fully saturated rings. The summed E-state index contributed by atoms with van der Waals surface area (Å²) in [6.07, 6.45) is 0.879. The van der Waals surface area contributed by atoms with Crippen LogP contribution in [-0.2, 0) is 14.3 Å². The molecule has 0 aromatic carbocycles. The van der Waals surface area contributed by atoms with E-state index in [1.54, 1.807) is 20.8 Å². The summed E-state index contributed by atoms with van der Waals surface area (Å²) >= 11 is 0. The van der Waals surface area contributed by atoms with E-state index in [9.17, 15) is 14.4 Å². The molecule has 116 valence electrons. The van der Waals surface area contributed by atoms with Crippen molar-refractivity contribution in [1.82, 2.24) is 10.6 Å². The molecule has 0 aromatic heterocycles. The number of amides is 2. The van der Waals surface area contributed by atoms with Crippen molar-refractivity contribution in [2.45, 2.75) is 52.1 Å². The quantitative estimate of drug-likeness (QED) is 0.583. The number of nitrogens with one attached hydrogen (secondary N) is 2. The number of hydrogen-bond acceptors (Lipinski definition) is 4. The number of carboxylic acid groups (broad SMARTS) is 1. The average Bonchev–Trinajstić information content (AvgIpc) is 2.25. The molecule has 0 heterocycles. The highest BCUT2D eigenvalue weighted by Crippen LogP contribution is 2.06. The van der Waals surface area contributed by atoms with E-state index in [2.05, 4.69) is 10.6 Å². The third kappa shape index (κ3) is 12.7. The predicted molar refractivity (Wildman–Crippen MR) is 73.4 cm³/mol. The van der Waals surface area contributed by atoms with Crippen molar-refractivity contribution in [2.24, 2.45) is 0 Å². The Bertz CT molecular complexity index is 336. The number of aliphatic carboxylic acids is 1. The third-order valence-corrected chi connectivity index (χ3v) is 2.16. The van der Waals surface area contributed by atoms with Gasteiger partial charge in [0, 0.05) is 25.9 Å². The summed E-state index contributed by atoms with van der Waals surface area (Å²) in [5.74, 6) is -1.02. The number of rotatable bonds is 8. The number of carboxylic acids is 1. The Labute approximate surface area is 119 Å². The molecule has 0 aliphatic rings. The van der Waals surface area contributed by atoms with Crippen LogP contribution in [0.5, 0.6) is 0 Å². The van der Waals surface area contributed by atoms with Gasteiger partial charge in [0.05, 0.1) is 0 Å². The lowest BCUT2D eigenvalue weighted by Gasteiger charge is -2.19. The highest BCUT2D eigenvalue weighted by Gasteiger charge is 2.15. The minimum Gasteiger partial charge on any atom is -0.481 e. The first-order valence-corrected chi connectivity index (χ1v) is 6.66. The molecule has 0 saturated heterocycles. The summed E-state index contributed by atoms with van der Waals surface area (Å²) in [5.41, 5.74) is -0.559. The van der Waals surface area contributed by atoms with Crippen molar-refractivity contribution in [1.29, 1.82) is 0 Å². The minimum absolute atomic E-state index is 0.107. The van der Waals surface area contributed by atoms with Crippen LogP contribution >= 0.6 is 0 Å². The Balaban J connectivity index is 3.54. The van der Waals surface area contributed by atoms with Gasteiger partial charge < -0.3 is 20.5 Å². The summed E-state index contributed by atoms with van der Waals surface area (Å²) in [4.78, 5) is 32.9. The molecule has 0 aliphatic heterocycles. The lowest BCUT2D eigenvalue weighted by Crippen LogP contribution is -2.35. The van der Waals surface area contributed by atoms with Crippen LogP contribution in [0.2, 0.25) is 0 Å². The minimum atomic E-state index is -0.835. The van der Waals surface area contributed by atoms with Crippen LogP contribution in [0.3, 0.4) is 0 Å². The number of hydrogen-bond donors (Lipinski definition) is 3. The van der Waals surface area contributed by atoms with Crippen LogP contribution < -0.4 is 10.6 Å². The molecule has 3 N–H and O–H groups in total. The van der Waals surface area contributed by atoms with Crippen LogP contribution in [0.1, 0.15) is 46.5 Å². The maximum absolute atomic E-state index is 11.4. The Hall–Kier alpha value is -1.79. The second kappa shape index (κ2) is 9.17. The van der Waals surface area contributed by atoms with Crippen molar-refractivity contribution >= 4 is 18.0 Å². The van der Waals surface area contributed by atoms with Crippen LogP contribution in [0.15, 0.2) is 0 Å². The summed E-state index contributed by atoms with van der Waals surface area (Å²) in [6, 6.07) is 0. The van der Waals surface area contributed by atoms with E-state index in [-0.39, 0.29) is 25.3 Å². The molecule has 0 aromatic rings. The number of ether oxygens (including phenoxy) is 1. The van der Waals surface area contributed by atoms with Gasteiger partial charge in [-0.05, 0) is 33.6 Å². The van der Waals surface area contributed by atoms with Crippen LogP contribution in [0.25, 0.3) is 0 Å². The maximum Gasteiger partial charge on any atom is 0.407 e. The predicted octanol–water partition coefficient (Wildman–Crippen LogP) is 1.27. The zero-order valence-corrected chi connectivity index (χ0v) is 12.3. The van der Waals surface area contributed by atoms with Gasteiger partial charge in [-0.15, -0.1) is 0 Å². The zero-order chi connectivity index (χ0) is 15.6. The molecule has 20 heavy (non-hydrogen) atoms. The van der Waals surface area contributed by atoms with E-state index in [1.165, 1.54) is 0 Å². The summed E-state index contributed by atoms with van der Waals surface area (Å²) in [7, 11) is 0. The molecular formula is C13H24N2O5. The SMILES string of the molecule is CC(C)(C)OC(=O)NCCC(=O)NCCCCC(=O)O. The Kier molecular flexibility index (Phi) is 8.35. The van der Waals surface area contributed by atoms with Crippen molar-refractivity contribution in [3.8, 4) is 0 Å². The largest absolute Gasteiger partial charge is 0.481 e. The van der Waals surface area contributed by atoms with Crippen LogP contribution in [0, 0.1) is 0 Å². The highest BCUT2D eigenvalue weighted by atomic mass is 16.6. The molecule has 0 bridgehead atoms. The van der Waals surface area contributed by atoms with Crippen molar-refractivity contribution in [3.63, 3.8) is 0 Å². The normalized spacial score (nSPS) is 10.8. The number of unbranched alkanes of at least 4 members (excludes halogenated alkanes) is 1. The van der Waals surface area contributed by atoms with Crippen molar-refractivity contribution < 1.29 is 24.2 Å². The van der Waals surface area contributed by atoms with Gasteiger partial charge in [0.15, 0.2) is 0 Å².